The van der Waals surface area contributed by atoms with Crippen molar-refractivity contribution in [2.75, 3.05) is 33.1 Å². The van der Waals surface area contributed by atoms with Crippen molar-refractivity contribution in [1.82, 2.24) is 0 Å². The van der Waals surface area contributed by atoms with E-state index in [9.17, 15) is 13.6 Å². The molecule has 0 saturated carbocycles. The number of anilines is 1. The molecule has 146 valence electrons. The Morgan fingerprint density at radius 1 is 1.07 bits per heavy atom. The number of quaternary nitrogens is 1. The number of benzene rings is 2. The van der Waals surface area contributed by atoms with Gasteiger partial charge in [0.25, 0.3) is 5.91 Å². The molecule has 2 atom stereocenters. The normalized spacial score (nSPS) is 13.0. The summed E-state index contributed by atoms with van der Waals surface area (Å²) in [5, 5.41) is 2.62. The van der Waals surface area contributed by atoms with Gasteiger partial charge in [0.05, 0.1) is 27.8 Å². The monoisotopic (exact) mass is 379 g/mol. The van der Waals surface area contributed by atoms with E-state index in [2.05, 4.69) is 5.32 Å². The van der Waals surface area contributed by atoms with Crippen molar-refractivity contribution in [3.8, 4) is 11.5 Å². The lowest BCUT2D eigenvalue weighted by Crippen LogP contribution is -3.14. The van der Waals surface area contributed by atoms with Crippen LogP contribution in [-0.2, 0) is 11.2 Å². The van der Waals surface area contributed by atoms with Crippen LogP contribution in [0.1, 0.15) is 12.5 Å². The summed E-state index contributed by atoms with van der Waals surface area (Å²) in [6, 6.07) is 8.66. The maximum Gasteiger partial charge on any atom is 0.282 e. The lowest BCUT2D eigenvalue weighted by Gasteiger charge is -2.21. The van der Waals surface area contributed by atoms with E-state index in [1.165, 1.54) is 6.07 Å². The Labute approximate surface area is 157 Å². The summed E-state index contributed by atoms with van der Waals surface area (Å²) in [4.78, 5) is 13.4. The third kappa shape index (κ3) is 5.40. The van der Waals surface area contributed by atoms with Gasteiger partial charge in [0.2, 0.25) is 0 Å². The summed E-state index contributed by atoms with van der Waals surface area (Å²) in [6.45, 7) is 2.50. The minimum Gasteiger partial charge on any atom is -0.493 e. The van der Waals surface area contributed by atoms with Crippen LogP contribution in [0.4, 0.5) is 14.5 Å². The van der Waals surface area contributed by atoms with Gasteiger partial charge in [0.1, 0.15) is 0 Å². The molecule has 1 unspecified atom stereocenters. The standard InChI is InChI=1S/C20H24F2N2O3/c1-13(20(25)23-15-6-7-16(21)17(22)12-15)24(2)10-9-14-5-8-18(26-3)19(11-14)27-4/h5-8,11-13H,9-10H2,1-4H3,(H,23,25)/p+1/t13-/m1/s1. The summed E-state index contributed by atoms with van der Waals surface area (Å²) in [5.74, 6) is -0.864. The Balaban J connectivity index is 1.93. The Morgan fingerprint density at radius 2 is 1.78 bits per heavy atom. The Bertz CT molecular complexity index is 799. The number of methoxy groups -OCH3 is 2. The summed E-state index contributed by atoms with van der Waals surface area (Å²) < 4.78 is 36.8. The molecule has 0 aliphatic rings. The van der Waals surface area contributed by atoms with Crippen molar-refractivity contribution in [2.24, 2.45) is 0 Å². The predicted octanol–water partition coefficient (Wildman–Crippen LogP) is 2.07. The molecule has 27 heavy (non-hydrogen) atoms. The number of halogens is 2. The van der Waals surface area contributed by atoms with Crippen LogP contribution in [0.25, 0.3) is 0 Å². The third-order valence-electron chi connectivity index (χ3n) is 4.58. The molecule has 0 spiro atoms. The molecule has 0 fully saturated rings. The topological polar surface area (TPSA) is 52.0 Å². The van der Waals surface area contributed by atoms with Crippen LogP contribution < -0.4 is 19.7 Å². The fraction of sp³-hybridized carbons (Fsp3) is 0.350. The van der Waals surface area contributed by atoms with Crippen molar-refractivity contribution in [3.63, 3.8) is 0 Å². The van der Waals surface area contributed by atoms with E-state index in [1.54, 1.807) is 21.1 Å². The van der Waals surface area contributed by atoms with E-state index in [-0.39, 0.29) is 17.6 Å². The molecule has 2 rings (SSSR count). The molecule has 0 saturated heterocycles. The van der Waals surface area contributed by atoms with Gasteiger partial charge in [-0.1, -0.05) is 6.07 Å². The Kier molecular flexibility index (Phi) is 7.12. The molecule has 7 heteroatoms. The lowest BCUT2D eigenvalue weighted by atomic mass is 10.1. The van der Waals surface area contributed by atoms with Gasteiger partial charge in [-0.3, -0.25) is 4.79 Å². The molecular formula is C20H25F2N2O3+. The second-order valence-electron chi connectivity index (χ2n) is 6.38. The molecule has 0 aliphatic carbocycles. The zero-order chi connectivity index (χ0) is 20.0. The molecular weight excluding hydrogens is 354 g/mol. The third-order valence-corrected chi connectivity index (χ3v) is 4.58. The fourth-order valence-corrected chi connectivity index (χ4v) is 2.64. The van der Waals surface area contributed by atoms with Gasteiger partial charge < -0.3 is 19.7 Å². The van der Waals surface area contributed by atoms with E-state index in [0.717, 1.165) is 29.0 Å². The highest BCUT2D eigenvalue weighted by molar-refractivity contribution is 5.93. The van der Waals surface area contributed by atoms with Gasteiger partial charge in [-0.15, -0.1) is 0 Å². The molecule has 0 aliphatic heterocycles. The first-order valence-corrected chi connectivity index (χ1v) is 8.64. The highest BCUT2D eigenvalue weighted by atomic mass is 19.2. The van der Waals surface area contributed by atoms with Crippen molar-refractivity contribution >= 4 is 11.6 Å². The minimum atomic E-state index is -0.991. The van der Waals surface area contributed by atoms with Gasteiger partial charge in [0, 0.05) is 18.2 Å². The summed E-state index contributed by atoms with van der Waals surface area (Å²) >= 11 is 0. The van der Waals surface area contributed by atoms with Gasteiger partial charge in [-0.2, -0.15) is 0 Å². The SMILES string of the molecule is COc1ccc(CC[NH+](C)[C@H](C)C(=O)Nc2ccc(F)c(F)c2)cc1OC. The molecule has 0 radical (unpaired) electrons. The van der Waals surface area contributed by atoms with E-state index >= 15 is 0 Å². The quantitative estimate of drug-likeness (QED) is 0.738. The van der Waals surface area contributed by atoms with Gasteiger partial charge in [0.15, 0.2) is 29.2 Å². The second kappa shape index (κ2) is 9.32. The second-order valence-corrected chi connectivity index (χ2v) is 6.38. The number of carbonyl (C=O) groups is 1. The summed E-state index contributed by atoms with van der Waals surface area (Å²) in [6.07, 6.45) is 0.745. The molecule has 2 aromatic rings. The maximum absolute atomic E-state index is 13.3. The minimum absolute atomic E-state index is 0.235. The summed E-state index contributed by atoms with van der Waals surface area (Å²) in [7, 11) is 5.09. The zero-order valence-electron chi connectivity index (χ0n) is 15.9. The smallest absolute Gasteiger partial charge is 0.282 e. The molecule has 0 aromatic heterocycles. The number of carbonyl (C=O) groups excluding carboxylic acids is 1. The molecule has 1 amide bonds. The first-order chi connectivity index (χ1) is 12.8. The molecule has 0 bridgehead atoms. The van der Waals surface area contributed by atoms with Gasteiger partial charge >= 0.3 is 0 Å². The zero-order valence-corrected chi connectivity index (χ0v) is 15.9. The number of hydrogen-bond donors (Lipinski definition) is 2. The first-order valence-electron chi connectivity index (χ1n) is 8.64. The van der Waals surface area contributed by atoms with Crippen molar-refractivity contribution < 1.29 is 27.9 Å². The molecule has 2 aromatic carbocycles. The van der Waals surface area contributed by atoms with E-state index in [4.69, 9.17) is 9.47 Å². The van der Waals surface area contributed by atoms with Crippen LogP contribution >= 0.6 is 0 Å². The van der Waals surface area contributed by atoms with Crippen LogP contribution in [-0.4, -0.2) is 39.8 Å². The number of ether oxygens (including phenoxy) is 2. The maximum atomic E-state index is 13.3. The number of likely N-dealkylation sites (N-methyl/N-ethyl adjacent to an activating group) is 1. The van der Waals surface area contributed by atoms with Crippen LogP contribution in [0.15, 0.2) is 36.4 Å². The number of rotatable bonds is 8. The molecule has 2 N–H and O–H groups in total. The average Bonchev–Trinajstić information content (AvgIpc) is 2.67. The van der Waals surface area contributed by atoms with Crippen LogP contribution in [0.2, 0.25) is 0 Å². The van der Waals surface area contributed by atoms with Crippen LogP contribution in [0.3, 0.4) is 0 Å². The van der Waals surface area contributed by atoms with Crippen LogP contribution in [0, 0.1) is 11.6 Å². The largest absolute Gasteiger partial charge is 0.493 e. The Hall–Kier alpha value is -2.67. The Morgan fingerprint density at radius 3 is 2.41 bits per heavy atom. The van der Waals surface area contributed by atoms with Gasteiger partial charge in [-0.05, 0) is 36.8 Å². The van der Waals surface area contributed by atoms with Crippen LogP contribution in [0.5, 0.6) is 11.5 Å². The lowest BCUT2D eigenvalue weighted by molar-refractivity contribution is -0.893. The van der Waals surface area contributed by atoms with Crippen molar-refractivity contribution in [3.05, 3.63) is 53.6 Å². The number of amides is 1. The highest BCUT2D eigenvalue weighted by Crippen LogP contribution is 2.27. The molecule has 0 heterocycles. The van der Waals surface area contributed by atoms with E-state index < -0.39 is 11.6 Å². The highest BCUT2D eigenvalue weighted by Gasteiger charge is 2.22. The van der Waals surface area contributed by atoms with Crippen molar-refractivity contribution in [2.45, 2.75) is 19.4 Å². The first kappa shape index (κ1) is 20.6. The summed E-state index contributed by atoms with van der Waals surface area (Å²) in [5.41, 5.74) is 1.30. The van der Waals surface area contributed by atoms with E-state index in [1.807, 2.05) is 25.2 Å². The fourth-order valence-electron chi connectivity index (χ4n) is 2.64. The predicted molar refractivity (Wildman–Crippen MR) is 99.5 cm³/mol. The van der Waals surface area contributed by atoms with E-state index in [0.29, 0.717) is 18.0 Å². The van der Waals surface area contributed by atoms with Gasteiger partial charge in [-0.25, -0.2) is 8.78 Å². The molecule has 5 nitrogen and oxygen atoms in total. The number of hydrogen-bond acceptors (Lipinski definition) is 3. The average molecular weight is 379 g/mol. The number of nitrogens with one attached hydrogen (secondary N) is 2. The van der Waals surface area contributed by atoms with Crippen molar-refractivity contribution in [1.29, 1.82) is 0 Å².